The van der Waals surface area contributed by atoms with Crippen molar-refractivity contribution < 1.29 is 14.2 Å². The predicted octanol–water partition coefficient (Wildman–Crippen LogP) is 3.74. The van der Waals surface area contributed by atoms with Crippen molar-refractivity contribution in [1.82, 2.24) is 15.0 Å². The molecule has 2 fully saturated rings. The molecule has 2 N–H and O–H groups in total. The van der Waals surface area contributed by atoms with Crippen molar-refractivity contribution >= 4 is 39.0 Å². The fraction of sp³-hybridized carbons (Fsp3) is 0.227. The van der Waals surface area contributed by atoms with Gasteiger partial charge in [-0.1, -0.05) is 0 Å². The van der Waals surface area contributed by atoms with Crippen LogP contribution in [-0.4, -0.2) is 45.4 Å². The normalized spacial score (nSPS) is 20.4. The fourth-order valence-electron chi connectivity index (χ4n) is 4.50. The van der Waals surface area contributed by atoms with E-state index in [0.29, 0.717) is 52.9 Å². The number of nitrogens with zero attached hydrogens (tertiary/aromatic N) is 4. The number of morpholine rings is 1. The Kier molecular flexibility index (Phi) is 3.76. The Balaban J connectivity index is 1.41. The lowest BCUT2D eigenvalue weighted by molar-refractivity contribution is 0.0103. The number of aromatic nitrogens is 3. The lowest BCUT2D eigenvalue weighted by Crippen LogP contribution is -2.64. The summed E-state index contributed by atoms with van der Waals surface area (Å²) in [6.07, 6.45) is 4.14. The van der Waals surface area contributed by atoms with Crippen LogP contribution in [0.3, 0.4) is 0 Å². The van der Waals surface area contributed by atoms with Crippen molar-refractivity contribution in [2.24, 2.45) is 0 Å². The van der Waals surface area contributed by atoms with Gasteiger partial charge in [-0.3, -0.25) is 4.98 Å². The van der Waals surface area contributed by atoms with Crippen LogP contribution in [0.5, 0.6) is 5.75 Å². The number of ether oxygens (including phenoxy) is 1. The predicted molar refractivity (Wildman–Crippen MR) is 112 cm³/mol. The largest absolute Gasteiger partial charge is 0.507 e. The molecule has 2 aliphatic rings. The van der Waals surface area contributed by atoms with Gasteiger partial charge < -0.3 is 20.1 Å². The molecule has 0 spiro atoms. The second kappa shape index (κ2) is 6.50. The van der Waals surface area contributed by atoms with Gasteiger partial charge in [0.2, 0.25) is 0 Å². The highest BCUT2D eigenvalue weighted by molar-refractivity contribution is 5.98. The lowest BCUT2D eigenvalue weighted by Gasteiger charge is -2.53. The molecule has 8 heteroatoms. The third-order valence-electron chi connectivity index (χ3n) is 5.92. The lowest BCUT2D eigenvalue weighted by atomic mass is 9.90. The van der Waals surface area contributed by atoms with Gasteiger partial charge in [0.1, 0.15) is 17.9 Å². The van der Waals surface area contributed by atoms with Gasteiger partial charge in [-0.2, -0.15) is 0 Å². The Morgan fingerprint density at radius 1 is 1.07 bits per heavy atom. The molecule has 0 aliphatic carbocycles. The van der Waals surface area contributed by atoms with E-state index in [0.717, 1.165) is 12.1 Å². The smallest absolute Gasteiger partial charge is 0.156 e. The highest BCUT2D eigenvalue weighted by Gasteiger charge is 2.42. The first kappa shape index (κ1) is 17.3. The molecule has 0 radical (unpaired) electrons. The molecule has 2 saturated heterocycles. The Morgan fingerprint density at radius 3 is 2.77 bits per heavy atom. The van der Waals surface area contributed by atoms with Gasteiger partial charge in [-0.05, 0) is 36.8 Å². The topological polar surface area (TPSA) is 83.4 Å². The summed E-state index contributed by atoms with van der Waals surface area (Å²) in [7, 11) is 0. The van der Waals surface area contributed by atoms with Crippen LogP contribution < -0.4 is 10.2 Å². The van der Waals surface area contributed by atoms with Gasteiger partial charge in [0.25, 0.3) is 0 Å². The third-order valence-corrected chi connectivity index (χ3v) is 5.92. The van der Waals surface area contributed by atoms with E-state index in [-0.39, 0.29) is 11.4 Å². The number of aromatic hydroxyl groups is 1. The van der Waals surface area contributed by atoms with Crippen LogP contribution in [0.15, 0.2) is 48.9 Å². The van der Waals surface area contributed by atoms with Crippen LogP contribution in [0.4, 0.5) is 21.6 Å². The molecule has 4 heterocycles. The number of halogens is 1. The molecule has 2 bridgehead atoms. The third kappa shape index (κ3) is 2.57. The Bertz CT molecular complexity index is 1280. The molecule has 0 saturated carbocycles. The van der Waals surface area contributed by atoms with E-state index in [1.165, 1.54) is 6.33 Å². The minimum absolute atomic E-state index is 0.0550. The summed E-state index contributed by atoms with van der Waals surface area (Å²) >= 11 is 0. The number of nitrogens with one attached hydrogen (secondary N) is 1. The molecule has 150 valence electrons. The van der Waals surface area contributed by atoms with E-state index >= 15 is 0 Å². The zero-order valence-corrected chi connectivity index (χ0v) is 15.9. The molecule has 2 aliphatic heterocycles. The van der Waals surface area contributed by atoms with Crippen molar-refractivity contribution in [1.29, 1.82) is 0 Å². The number of hydrogen-bond donors (Lipinski definition) is 2. The average Bonchev–Trinajstić information content (AvgIpc) is 2.76. The first-order valence-corrected chi connectivity index (χ1v) is 9.83. The van der Waals surface area contributed by atoms with Crippen molar-refractivity contribution in [3.05, 3.63) is 54.7 Å². The molecule has 2 aromatic heterocycles. The quantitative estimate of drug-likeness (QED) is 0.539. The zero-order chi connectivity index (χ0) is 20.2. The second-order valence-corrected chi connectivity index (χ2v) is 7.69. The number of hydrogen-bond acceptors (Lipinski definition) is 7. The van der Waals surface area contributed by atoms with Crippen molar-refractivity contribution in [3.8, 4) is 5.75 Å². The fourth-order valence-corrected chi connectivity index (χ4v) is 4.50. The number of rotatable bonds is 3. The number of phenols is 1. The number of anilines is 3. The Hall–Kier alpha value is -3.52. The van der Waals surface area contributed by atoms with Crippen LogP contribution in [-0.2, 0) is 4.74 Å². The molecule has 2 unspecified atom stereocenters. The summed E-state index contributed by atoms with van der Waals surface area (Å²) in [6, 6.07) is 11.1. The van der Waals surface area contributed by atoms with Crippen molar-refractivity contribution in [2.75, 3.05) is 23.4 Å². The van der Waals surface area contributed by atoms with Gasteiger partial charge in [0, 0.05) is 23.3 Å². The highest BCUT2D eigenvalue weighted by Crippen LogP contribution is 2.41. The maximum atomic E-state index is 15.0. The highest BCUT2D eigenvalue weighted by atomic mass is 19.1. The number of fused-ring (bicyclic) bond motifs is 4. The standard InChI is InChI=1S/C22H18FN5O2/c23-21-15-2-1-5-24-16(15)3-4-17(21)27-22-20-18(25-11-26-22)7-12(8-19(20)29)28-13-6-14(28)10-30-9-13/h1-5,7-8,11,13-14,29H,6,9-10H2,(H,25,26,27). The second-order valence-electron chi connectivity index (χ2n) is 7.69. The maximum absolute atomic E-state index is 15.0. The van der Waals surface area contributed by atoms with Gasteiger partial charge >= 0.3 is 0 Å². The minimum atomic E-state index is -0.420. The molecule has 4 aromatic rings. The van der Waals surface area contributed by atoms with E-state index in [4.69, 9.17) is 4.74 Å². The molecule has 0 amide bonds. The number of benzene rings is 2. The number of pyridine rings is 1. The Labute approximate surface area is 171 Å². The zero-order valence-electron chi connectivity index (χ0n) is 15.9. The molecule has 2 atom stereocenters. The van der Waals surface area contributed by atoms with E-state index in [2.05, 4.69) is 25.2 Å². The summed E-state index contributed by atoms with van der Waals surface area (Å²) in [4.78, 5) is 15.0. The van der Waals surface area contributed by atoms with Crippen molar-refractivity contribution in [2.45, 2.75) is 18.5 Å². The van der Waals surface area contributed by atoms with E-state index in [1.807, 2.05) is 6.07 Å². The Morgan fingerprint density at radius 2 is 1.93 bits per heavy atom. The summed E-state index contributed by atoms with van der Waals surface area (Å²) in [6.45, 7) is 1.39. The van der Waals surface area contributed by atoms with E-state index in [9.17, 15) is 9.50 Å². The maximum Gasteiger partial charge on any atom is 0.156 e. The average molecular weight is 403 g/mol. The van der Waals surface area contributed by atoms with Gasteiger partial charge in [0.05, 0.1) is 47.4 Å². The van der Waals surface area contributed by atoms with Crippen LogP contribution in [0.25, 0.3) is 21.8 Å². The van der Waals surface area contributed by atoms with Crippen LogP contribution in [0.1, 0.15) is 6.42 Å². The molecule has 30 heavy (non-hydrogen) atoms. The SMILES string of the molecule is Oc1cc(N2C3COCC2C3)cc2ncnc(Nc3ccc4ncccc4c3F)c12. The molecular weight excluding hydrogens is 385 g/mol. The number of phenolic OH excluding ortho intramolecular Hbond substituents is 1. The molecule has 6 rings (SSSR count). The first-order chi connectivity index (χ1) is 14.7. The van der Waals surface area contributed by atoms with Gasteiger partial charge in [-0.15, -0.1) is 0 Å². The van der Waals surface area contributed by atoms with Crippen LogP contribution >= 0.6 is 0 Å². The summed E-state index contributed by atoms with van der Waals surface area (Å²) in [5.74, 6) is -0.0189. The van der Waals surface area contributed by atoms with Crippen molar-refractivity contribution in [3.63, 3.8) is 0 Å². The molecule has 7 nitrogen and oxygen atoms in total. The van der Waals surface area contributed by atoms with Crippen LogP contribution in [0, 0.1) is 5.82 Å². The van der Waals surface area contributed by atoms with Gasteiger partial charge in [0.15, 0.2) is 5.82 Å². The summed E-state index contributed by atoms with van der Waals surface area (Å²) in [5.41, 5.74) is 2.34. The monoisotopic (exact) mass is 403 g/mol. The summed E-state index contributed by atoms with van der Waals surface area (Å²) in [5, 5.41) is 14.7. The van der Waals surface area contributed by atoms with Gasteiger partial charge in [-0.25, -0.2) is 14.4 Å². The molecular formula is C22H18FN5O2. The van der Waals surface area contributed by atoms with Crippen LogP contribution in [0.2, 0.25) is 0 Å². The van der Waals surface area contributed by atoms with E-state index < -0.39 is 5.82 Å². The first-order valence-electron chi connectivity index (χ1n) is 9.83. The summed E-state index contributed by atoms with van der Waals surface area (Å²) < 4.78 is 20.5. The van der Waals surface area contributed by atoms with E-state index in [1.54, 1.807) is 36.5 Å². The minimum Gasteiger partial charge on any atom is -0.507 e. The molecule has 2 aromatic carbocycles.